The van der Waals surface area contributed by atoms with Crippen molar-refractivity contribution in [2.24, 2.45) is 5.10 Å². The van der Waals surface area contributed by atoms with E-state index in [0.717, 1.165) is 63.5 Å². The molecule has 2 fully saturated rings. The second-order valence-electron chi connectivity index (χ2n) is 8.21. The second-order valence-corrected chi connectivity index (χ2v) is 8.21. The SMILES string of the molecule is COc1ccccc1N1CCN([C@@H]2CCCN(C(=O)C3=NN(C)C(=O)CC3)C2)CC1. The van der Waals surface area contributed by atoms with Crippen molar-refractivity contribution < 1.29 is 14.3 Å². The minimum atomic E-state index is -0.0315. The molecule has 8 heteroatoms. The predicted octanol–water partition coefficient (Wildman–Crippen LogP) is 1.42. The average Bonchev–Trinajstić information content (AvgIpc) is 2.80. The van der Waals surface area contributed by atoms with Crippen molar-refractivity contribution >= 4 is 23.2 Å². The first-order valence-corrected chi connectivity index (χ1v) is 10.8. The molecule has 4 rings (SSSR count). The average molecular weight is 414 g/mol. The molecule has 1 atom stereocenters. The van der Waals surface area contributed by atoms with Gasteiger partial charge in [0.15, 0.2) is 0 Å². The standard InChI is InChI=1S/C22H31N5O3/c1-24-21(28)10-9-18(23-24)22(29)27-11-5-6-17(16-27)25-12-14-26(15-13-25)19-7-3-4-8-20(19)30-2/h3-4,7-8,17H,5-6,9-16H2,1-2H3/t17-/m1/s1. The predicted molar refractivity (Wildman–Crippen MR) is 116 cm³/mol. The van der Waals surface area contributed by atoms with Gasteiger partial charge >= 0.3 is 0 Å². The molecule has 2 saturated heterocycles. The molecule has 162 valence electrons. The lowest BCUT2D eigenvalue weighted by atomic mass is 10.0. The highest BCUT2D eigenvalue weighted by atomic mass is 16.5. The van der Waals surface area contributed by atoms with Gasteiger partial charge in [0.05, 0.1) is 12.8 Å². The van der Waals surface area contributed by atoms with Gasteiger partial charge in [-0.05, 0) is 25.0 Å². The lowest BCUT2D eigenvalue weighted by Gasteiger charge is -2.44. The summed E-state index contributed by atoms with van der Waals surface area (Å²) in [7, 11) is 3.34. The fourth-order valence-electron chi connectivity index (χ4n) is 4.66. The number of likely N-dealkylation sites (tertiary alicyclic amines) is 1. The number of rotatable bonds is 4. The summed E-state index contributed by atoms with van der Waals surface area (Å²) in [5.41, 5.74) is 1.66. The number of amides is 2. The molecule has 30 heavy (non-hydrogen) atoms. The smallest absolute Gasteiger partial charge is 0.270 e. The molecule has 8 nitrogen and oxygen atoms in total. The maximum atomic E-state index is 13.0. The molecule has 2 amide bonds. The number of ether oxygens (including phenoxy) is 1. The Hall–Kier alpha value is -2.61. The van der Waals surface area contributed by atoms with Crippen LogP contribution in [0.3, 0.4) is 0 Å². The molecule has 0 aliphatic carbocycles. The van der Waals surface area contributed by atoms with Crippen molar-refractivity contribution in [2.45, 2.75) is 31.7 Å². The van der Waals surface area contributed by atoms with Crippen LogP contribution in [-0.2, 0) is 9.59 Å². The number of nitrogens with zero attached hydrogens (tertiary/aromatic N) is 5. The molecule has 3 aliphatic heterocycles. The number of methoxy groups -OCH3 is 1. The van der Waals surface area contributed by atoms with Crippen LogP contribution in [0, 0.1) is 0 Å². The molecule has 1 aromatic carbocycles. The van der Waals surface area contributed by atoms with Gasteiger partial charge in [-0.2, -0.15) is 5.10 Å². The fourth-order valence-corrected chi connectivity index (χ4v) is 4.66. The second kappa shape index (κ2) is 9.04. The van der Waals surface area contributed by atoms with E-state index in [1.54, 1.807) is 14.2 Å². The Bertz CT molecular complexity index is 819. The molecule has 0 radical (unpaired) electrons. The number of anilines is 1. The third kappa shape index (κ3) is 4.28. The quantitative estimate of drug-likeness (QED) is 0.747. The first-order chi connectivity index (χ1) is 14.6. The van der Waals surface area contributed by atoms with E-state index in [1.807, 2.05) is 23.1 Å². The van der Waals surface area contributed by atoms with E-state index in [1.165, 1.54) is 5.01 Å². The van der Waals surface area contributed by atoms with Crippen LogP contribution in [0.4, 0.5) is 5.69 Å². The minimum Gasteiger partial charge on any atom is -0.495 e. The third-order valence-corrected chi connectivity index (χ3v) is 6.39. The van der Waals surface area contributed by atoms with Crippen molar-refractivity contribution in [2.75, 3.05) is 58.3 Å². The minimum absolute atomic E-state index is 0.00768. The number of hydrogen-bond acceptors (Lipinski definition) is 6. The van der Waals surface area contributed by atoms with E-state index >= 15 is 0 Å². The van der Waals surface area contributed by atoms with Gasteiger partial charge in [0.2, 0.25) is 5.91 Å². The Labute approximate surface area is 178 Å². The van der Waals surface area contributed by atoms with Crippen LogP contribution in [0.2, 0.25) is 0 Å². The van der Waals surface area contributed by atoms with Crippen LogP contribution in [-0.4, -0.2) is 91.8 Å². The van der Waals surface area contributed by atoms with E-state index < -0.39 is 0 Å². The Balaban J connectivity index is 1.35. The van der Waals surface area contributed by atoms with E-state index in [0.29, 0.717) is 24.6 Å². The molecule has 0 bridgehead atoms. The van der Waals surface area contributed by atoms with Gasteiger partial charge in [-0.3, -0.25) is 14.5 Å². The maximum absolute atomic E-state index is 13.0. The topological polar surface area (TPSA) is 68.7 Å². The highest BCUT2D eigenvalue weighted by molar-refractivity contribution is 6.39. The van der Waals surface area contributed by atoms with Crippen LogP contribution < -0.4 is 9.64 Å². The molecule has 0 N–H and O–H groups in total. The number of carbonyl (C=O) groups excluding carboxylic acids is 2. The van der Waals surface area contributed by atoms with Crippen LogP contribution >= 0.6 is 0 Å². The molecule has 0 spiro atoms. The lowest BCUT2D eigenvalue weighted by Crippen LogP contribution is -2.56. The van der Waals surface area contributed by atoms with Crippen LogP contribution in [0.1, 0.15) is 25.7 Å². The van der Waals surface area contributed by atoms with Gasteiger partial charge in [0, 0.05) is 65.2 Å². The van der Waals surface area contributed by atoms with Crippen molar-refractivity contribution in [3.63, 3.8) is 0 Å². The van der Waals surface area contributed by atoms with Crippen molar-refractivity contribution in [3.05, 3.63) is 24.3 Å². The number of piperazine rings is 1. The fraction of sp³-hybridized carbons (Fsp3) is 0.591. The molecule has 3 heterocycles. The van der Waals surface area contributed by atoms with Gasteiger partial charge in [-0.25, -0.2) is 5.01 Å². The number of piperidine rings is 1. The van der Waals surface area contributed by atoms with Gasteiger partial charge < -0.3 is 14.5 Å². The largest absolute Gasteiger partial charge is 0.495 e. The van der Waals surface area contributed by atoms with Crippen LogP contribution in [0.15, 0.2) is 29.4 Å². The summed E-state index contributed by atoms with van der Waals surface area (Å²) >= 11 is 0. The van der Waals surface area contributed by atoms with Crippen molar-refractivity contribution in [1.82, 2.24) is 14.8 Å². The Morgan fingerprint density at radius 1 is 1.10 bits per heavy atom. The monoisotopic (exact) mass is 413 g/mol. The van der Waals surface area contributed by atoms with Crippen molar-refractivity contribution in [1.29, 1.82) is 0 Å². The number of hydrogen-bond donors (Lipinski definition) is 0. The maximum Gasteiger partial charge on any atom is 0.270 e. The number of para-hydroxylation sites is 2. The summed E-state index contributed by atoms with van der Waals surface area (Å²) in [5.74, 6) is 0.875. The third-order valence-electron chi connectivity index (χ3n) is 6.39. The van der Waals surface area contributed by atoms with Gasteiger partial charge in [-0.1, -0.05) is 12.1 Å². The normalized spacial score (nSPS) is 23.4. The lowest BCUT2D eigenvalue weighted by molar-refractivity contribution is -0.131. The van der Waals surface area contributed by atoms with E-state index in [2.05, 4.69) is 21.0 Å². The Kier molecular flexibility index (Phi) is 6.22. The Morgan fingerprint density at radius 2 is 1.87 bits per heavy atom. The summed E-state index contributed by atoms with van der Waals surface area (Å²) in [4.78, 5) is 31.4. The van der Waals surface area contributed by atoms with Crippen molar-refractivity contribution in [3.8, 4) is 5.75 Å². The summed E-state index contributed by atoms with van der Waals surface area (Å²) < 4.78 is 5.52. The highest BCUT2D eigenvalue weighted by Gasteiger charge is 2.33. The first kappa shape index (κ1) is 20.7. The summed E-state index contributed by atoms with van der Waals surface area (Å²) in [5, 5.41) is 5.51. The summed E-state index contributed by atoms with van der Waals surface area (Å²) in [6.07, 6.45) is 2.93. The zero-order valence-corrected chi connectivity index (χ0v) is 17.9. The molecular weight excluding hydrogens is 382 g/mol. The van der Waals surface area contributed by atoms with Crippen LogP contribution in [0.5, 0.6) is 5.75 Å². The molecule has 1 aromatic rings. The molecular formula is C22H31N5O3. The van der Waals surface area contributed by atoms with E-state index in [-0.39, 0.29) is 11.8 Å². The zero-order valence-electron chi connectivity index (χ0n) is 17.9. The van der Waals surface area contributed by atoms with E-state index in [9.17, 15) is 9.59 Å². The van der Waals surface area contributed by atoms with Gasteiger partial charge in [0.25, 0.3) is 5.91 Å². The molecule has 0 unspecified atom stereocenters. The summed E-state index contributed by atoms with van der Waals surface area (Å²) in [6.45, 7) is 5.36. The summed E-state index contributed by atoms with van der Waals surface area (Å²) in [6, 6.07) is 8.55. The molecule has 0 aromatic heterocycles. The molecule has 0 saturated carbocycles. The Morgan fingerprint density at radius 3 is 2.60 bits per heavy atom. The zero-order chi connectivity index (χ0) is 21.1. The van der Waals surface area contributed by atoms with Gasteiger partial charge in [0.1, 0.15) is 11.5 Å². The number of carbonyl (C=O) groups is 2. The highest BCUT2D eigenvalue weighted by Crippen LogP contribution is 2.29. The first-order valence-electron chi connectivity index (χ1n) is 10.8. The van der Waals surface area contributed by atoms with Gasteiger partial charge in [-0.15, -0.1) is 0 Å². The van der Waals surface area contributed by atoms with E-state index in [4.69, 9.17) is 4.74 Å². The number of hydrazone groups is 1. The van der Waals surface area contributed by atoms with Crippen LogP contribution in [0.25, 0.3) is 0 Å². The number of benzene rings is 1. The molecule has 3 aliphatic rings.